The van der Waals surface area contributed by atoms with E-state index in [0.29, 0.717) is 5.75 Å². The highest BCUT2D eigenvalue weighted by Gasteiger charge is 2.16. The smallest absolute Gasteiger partial charge is 0.264 e. The van der Waals surface area contributed by atoms with Crippen LogP contribution in [0, 0.1) is 0 Å². The van der Waals surface area contributed by atoms with E-state index in [2.05, 4.69) is 64.4 Å². The molecule has 3 rings (SSSR count). The molecule has 9 heteroatoms. The molecule has 0 unspecified atom stereocenters. The van der Waals surface area contributed by atoms with Crippen LogP contribution < -0.4 is 14.2 Å². The van der Waals surface area contributed by atoms with Gasteiger partial charge in [-0.25, -0.2) is 23.1 Å². The molecule has 3 aromatic rings. The SMILES string of the molecule is COc1cnc(NS(=O)(=O)c2ccc(NSc3ccc(C(C)(C)C)cc3)cc2)nc1. The van der Waals surface area contributed by atoms with Crippen LogP contribution >= 0.6 is 11.9 Å². The lowest BCUT2D eigenvalue weighted by molar-refractivity contribution is 0.411. The second-order valence-electron chi connectivity index (χ2n) is 7.55. The van der Waals surface area contributed by atoms with E-state index >= 15 is 0 Å². The standard InChI is InChI=1S/C21H24N4O3S2/c1-21(2,3)15-5-9-18(10-6-15)29-24-16-7-11-19(12-8-16)30(26,27)25-20-22-13-17(28-4)14-23-20/h5-14,24H,1-4H3,(H,22,23,25). The van der Waals surface area contributed by atoms with Crippen LogP contribution in [0.1, 0.15) is 26.3 Å². The van der Waals surface area contributed by atoms with E-state index < -0.39 is 10.0 Å². The summed E-state index contributed by atoms with van der Waals surface area (Å²) in [5.41, 5.74) is 2.18. The third-order valence-electron chi connectivity index (χ3n) is 4.26. The fraction of sp³-hybridized carbons (Fsp3) is 0.238. The van der Waals surface area contributed by atoms with Gasteiger partial charge in [-0.2, -0.15) is 0 Å². The number of nitrogens with zero attached hydrogens (tertiary/aromatic N) is 2. The Morgan fingerprint density at radius 3 is 2.07 bits per heavy atom. The molecule has 0 saturated carbocycles. The van der Waals surface area contributed by atoms with Crippen LogP contribution in [0.15, 0.2) is 70.7 Å². The highest BCUT2D eigenvalue weighted by atomic mass is 32.2. The van der Waals surface area contributed by atoms with Crippen molar-refractivity contribution in [3.05, 3.63) is 66.5 Å². The zero-order valence-electron chi connectivity index (χ0n) is 17.2. The van der Waals surface area contributed by atoms with Gasteiger partial charge in [-0.05, 0) is 59.3 Å². The molecule has 2 aromatic carbocycles. The van der Waals surface area contributed by atoms with Crippen LogP contribution in [0.3, 0.4) is 0 Å². The van der Waals surface area contributed by atoms with Gasteiger partial charge in [0, 0.05) is 10.6 Å². The molecule has 1 aromatic heterocycles. The maximum Gasteiger partial charge on any atom is 0.264 e. The summed E-state index contributed by atoms with van der Waals surface area (Å²) in [6.07, 6.45) is 2.78. The van der Waals surface area contributed by atoms with E-state index in [0.717, 1.165) is 10.6 Å². The largest absolute Gasteiger partial charge is 0.494 e. The van der Waals surface area contributed by atoms with Crippen molar-refractivity contribution in [3.8, 4) is 5.75 Å². The molecule has 0 aliphatic heterocycles. The zero-order chi connectivity index (χ0) is 21.8. The lowest BCUT2D eigenvalue weighted by Crippen LogP contribution is -2.14. The van der Waals surface area contributed by atoms with Crippen molar-refractivity contribution in [2.75, 3.05) is 16.6 Å². The summed E-state index contributed by atoms with van der Waals surface area (Å²) < 4.78 is 35.6. The number of sulfonamides is 1. The second-order valence-corrected chi connectivity index (χ2v) is 10.1. The summed E-state index contributed by atoms with van der Waals surface area (Å²) in [4.78, 5) is 9.03. The van der Waals surface area contributed by atoms with Crippen molar-refractivity contribution in [2.24, 2.45) is 0 Å². The van der Waals surface area contributed by atoms with Crippen molar-refractivity contribution in [3.63, 3.8) is 0 Å². The minimum atomic E-state index is -3.79. The van der Waals surface area contributed by atoms with Crippen LogP contribution in [0.25, 0.3) is 0 Å². The topological polar surface area (TPSA) is 93.2 Å². The Balaban J connectivity index is 1.62. The lowest BCUT2D eigenvalue weighted by atomic mass is 9.87. The van der Waals surface area contributed by atoms with Crippen LogP contribution in [0.2, 0.25) is 0 Å². The van der Waals surface area contributed by atoms with Gasteiger partial charge >= 0.3 is 0 Å². The molecule has 158 valence electrons. The van der Waals surface area contributed by atoms with Gasteiger partial charge in [0.1, 0.15) is 0 Å². The molecule has 0 aliphatic carbocycles. The number of hydrogen-bond acceptors (Lipinski definition) is 7. The Morgan fingerprint density at radius 2 is 1.53 bits per heavy atom. The molecule has 1 heterocycles. The summed E-state index contributed by atoms with van der Waals surface area (Å²) in [5, 5.41) is 0. The molecule has 0 saturated heterocycles. The second kappa shape index (κ2) is 8.93. The van der Waals surface area contributed by atoms with Gasteiger partial charge in [0.15, 0.2) is 5.75 Å². The molecule has 0 amide bonds. The maximum atomic E-state index is 12.5. The predicted molar refractivity (Wildman–Crippen MR) is 120 cm³/mol. The third kappa shape index (κ3) is 5.64. The number of hydrogen-bond donors (Lipinski definition) is 2. The van der Waals surface area contributed by atoms with E-state index in [4.69, 9.17) is 4.74 Å². The van der Waals surface area contributed by atoms with Gasteiger partial charge in [0.05, 0.1) is 24.4 Å². The number of ether oxygens (including phenoxy) is 1. The van der Waals surface area contributed by atoms with Crippen molar-refractivity contribution in [1.82, 2.24) is 9.97 Å². The number of rotatable bonds is 7. The van der Waals surface area contributed by atoms with Crippen LogP contribution in [-0.4, -0.2) is 25.5 Å². The first-order valence-electron chi connectivity index (χ1n) is 9.20. The first-order chi connectivity index (χ1) is 14.2. The summed E-state index contributed by atoms with van der Waals surface area (Å²) >= 11 is 1.47. The third-order valence-corrected chi connectivity index (χ3v) is 6.45. The Bertz CT molecular complexity index is 1080. The normalized spacial score (nSPS) is 11.7. The van der Waals surface area contributed by atoms with E-state index in [-0.39, 0.29) is 16.3 Å². The number of methoxy groups -OCH3 is 1. The van der Waals surface area contributed by atoms with Crippen molar-refractivity contribution in [1.29, 1.82) is 0 Å². The molecule has 7 nitrogen and oxygen atoms in total. The molecule has 0 fully saturated rings. The van der Waals surface area contributed by atoms with Gasteiger partial charge in [0.2, 0.25) is 5.95 Å². The quantitative estimate of drug-likeness (QED) is 0.510. The first-order valence-corrected chi connectivity index (χ1v) is 11.5. The minimum absolute atomic E-state index is 0.0211. The molecule has 0 radical (unpaired) electrons. The fourth-order valence-electron chi connectivity index (χ4n) is 2.50. The Morgan fingerprint density at radius 1 is 0.933 bits per heavy atom. The monoisotopic (exact) mass is 444 g/mol. The van der Waals surface area contributed by atoms with Gasteiger partial charge < -0.3 is 9.46 Å². The van der Waals surface area contributed by atoms with Crippen LogP contribution in [0.4, 0.5) is 11.6 Å². The molecular formula is C21H24N4O3S2. The number of anilines is 2. The molecule has 0 bridgehead atoms. The lowest BCUT2D eigenvalue weighted by Gasteiger charge is -2.19. The molecule has 30 heavy (non-hydrogen) atoms. The number of aromatic nitrogens is 2. The molecule has 0 spiro atoms. The van der Waals surface area contributed by atoms with E-state index in [1.165, 1.54) is 49.1 Å². The molecule has 0 aliphatic rings. The zero-order valence-corrected chi connectivity index (χ0v) is 18.8. The fourth-order valence-corrected chi connectivity index (χ4v) is 4.10. The number of benzene rings is 2. The van der Waals surface area contributed by atoms with Gasteiger partial charge in [0.25, 0.3) is 10.0 Å². The van der Waals surface area contributed by atoms with Crippen molar-refractivity contribution in [2.45, 2.75) is 36.0 Å². The summed E-state index contributed by atoms with van der Waals surface area (Å²) in [5.74, 6) is 0.422. The van der Waals surface area contributed by atoms with E-state index in [1.807, 2.05) is 0 Å². The van der Waals surface area contributed by atoms with Gasteiger partial charge in [-0.3, -0.25) is 0 Å². The maximum absolute atomic E-state index is 12.5. The summed E-state index contributed by atoms with van der Waals surface area (Å²) in [7, 11) is -2.30. The molecular weight excluding hydrogens is 420 g/mol. The molecule has 2 N–H and O–H groups in total. The Labute approximate surface area is 181 Å². The van der Waals surface area contributed by atoms with Crippen molar-refractivity contribution >= 4 is 33.6 Å². The Kier molecular flexibility index (Phi) is 6.52. The number of nitrogens with one attached hydrogen (secondary N) is 2. The Hall–Kier alpha value is -2.78. The first kappa shape index (κ1) is 21.9. The van der Waals surface area contributed by atoms with Gasteiger partial charge in [-0.15, -0.1) is 0 Å². The minimum Gasteiger partial charge on any atom is -0.494 e. The van der Waals surface area contributed by atoms with E-state index in [9.17, 15) is 8.42 Å². The highest BCUT2D eigenvalue weighted by molar-refractivity contribution is 8.00. The summed E-state index contributed by atoms with van der Waals surface area (Å²) in [6, 6.07) is 14.8. The van der Waals surface area contributed by atoms with E-state index in [1.54, 1.807) is 12.1 Å². The van der Waals surface area contributed by atoms with Gasteiger partial charge in [-0.1, -0.05) is 32.9 Å². The average Bonchev–Trinajstić information content (AvgIpc) is 2.72. The summed E-state index contributed by atoms with van der Waals surface area (Å²) in [6.45, 7) is 6.54. The average molecular weight is 445 g/mol. The van der Waals surface area contributed by atoms with Crippen LogP contribution in [-0.2, 0) is 15.4 Å². The van der Waals surface area contributed by atoms with Crippen molar-refractivity contribution < 1.29 is 13.2 Å². The molecule has 0 atom stereocenters. The highest BCUT2D eigenvalue weighted by Crippen LogP contribution is 2.27. The predicted octanol–water partition coefficient (Wildman–Crippen LogP) is 4.70. The van der Waals surface area contributed by atoms with Crippen LogP contribution in [0.5, 0.6) is 5.75 Å².